The predicted molar refractivity (Wildman–Crippen MR) is 63.2 cm³/mol. The lowest BCUT2D eigenvalue weighted by Gasteiger charge is -2.34. The summed E-state index contributed by atoms with van der Waals surface area (Å²) in [5.74, 6) is -1.08. The van der Waals surface area contributed by atoms with Gasteiger partial charge in [0.2, 0.25) is 11.8 Å². The van der Waals surface area contributed by atoms with E-state index >= 15 is 0 Å². The van der Waals surface area contributed by atoms with Gasteiger partial charge >= 0.3 is 6.18 Å². The van der Waals surface area contributed by atoms with Crippen LogP contribution in [0.3, 0.4) is 0 Å². The summed E-state index contributed by atoms with van der Waals surface area (Å²) in [5, 5.41) is 2.52. The maximum atomic E-state index is 12.5. The van der Waals surface area contributed by atoms with Crippen molar-refractivity contribution in [3.05, 3.63) is 0 Å². The summed E-state index contributed by atoms with van der Waals surface area (Å²) in [6.07, 6.45) is -4.59. The molecule has 0 aromatic heterocycles. The van der Waals surface area contributed by atoms with E-state index < -0.39 is 42.0 Å². The summed E-state index contributed by atoms with van der Waals surface area (Å²) in [5.41, 5.74) is -0.638. The Kier molecular flexibility index (Phi) is 4.17. The van der Waals surface area contributed by atoms with Crippen LogP contribution >= 0.6 is 0 Å². The van der Waals surface area contributed by atoms with Crippen molar-refractivity contribution in [2.75, 3.05) is 6.54 Å². The lowest BCUT2D eigenvalue weighted by molar-refractivity contribution is -0.166. The van der Waals surface area contributed by atoms with Gasteiger partial charge in [-0.3, -0.25) is 9.59 Å². The van der Waals surface area contributed by atoms with Crippen molar-refractivity contribution >= 4 is 11.8 Å². The molecule has 0 spiro atoms. The quantitative estimate of drug-likeness (QED) is 0.795. The first kappa shape index (κ1) is 15.8. The predicted octanol–water partition coefficient (Wildman–Crippen LogP) is 1.70. The summed E-state index contributed by atoms with van der Waals surface area (Å²) >= 11 is 0. The average Bonchev–Trinajstić information content (AvgIpc) is 2.26. The third-order valence-electron chi connectivity index (χ3n) is 3.06. The molecule has 0 saturated carbocycles. The highest BCUT2D eigenvalue weighted by atomic mass is 19.4. The van der Waals surface area contributed by atoms with E-state index in [0.29, 0.717) is 0 Å². The molecule has 2 unspecified atom stereocenters. The van der Waals surface area contributed by atoms with Gasteiger partial charge < -0.3 is 10.2 Å². The van der Waals surface area contributed by atoms with Gasteiger partial charge in [-0.15, -0.1) is 0 Å². The molecular weight excluding hydrogens is 261 g/mol. The molecule has 0 aromatic rings. The van der Waals surface area contributed by atoms with E-state index in [1.165, 1.54) is 6.92 Å². The summed E-state index contributed by atoms with van der Waals surface area (Å²) in [7, 11) is 0. The van der Waals surface area contributed by atoms with Gasteiger partial charge in [0, 0.05) is 12.5 Å². The minimum atomic E-state index is -4.47. The molecule has 2 atom stereocenters. The van der Waals surface area contributed by atoms with E-state index in [2.05, 4.69) is 5.32 Å². The van der Waals surface area contributed by atoms with E-state index in [1.54, 1.807) is 20.8 Å². The monoisotopic (exact) mass is 280 g/mol. The molecule has 0 bridgehead atoms. The second-order valence-electron chi connectivity index (χ2n) is 6.00. The number of carbonyl (C=O) groups excluding carboxylic acids is 2. The maximum absolute atomic E-state index is 12.5. The minimum absolute atomic E-state index is 0.117. The Hall–Kier alpha value is -1.27. The molecule has 0 aromatic carbocycles. The van der Waals surface area contributed by atoms with Gasteiger partial charge in [0.15, 0.2) is 0 Å². The number of halogens is 3. The third kappa shape index (κ3) is 4.11. The zero-order valence-corrected chi connectivity index (χ0v) is 11.5. The number of amides is 2. The van der Waals surface area contributed by atoms with Gasteiger partial charge in [-0.05, 0) is 12.3 Å². The van der Waals surface area contributed by atoms with Gasteiger partial charge in [-0.1, -0.05) is 20.8 Å². The number of rotatable bonds is 1. The van der Waals surface area contributed by atoms with Gasteiger partial charge in [0.25, 0.3) is 0 Å². The van der Waals surface area contributed by atoms with Crippen molar-refractivity contribution in [3.63, 3.8) is 0 Å². The van der Waals surface area contributed by atoms with E-state index in [-0.39, 0.29) is 6.42 Å². The van der Waals surface area contributed by atoms with Crippen LogP contribution in [0.25, 0.3) is 0 Å². The van der Waals surface area contributed by atoms with Crippen molar-refractivity contribution in [2.24, 2.45) is 5.41 Å². The number of hydrogen-bond acceptors (Lipinski definition) is 2. The second kappa shape index (κ2) is 5.02. The largest absolute Gasteiger partial charge is 0.406 e. The Balaban J connectivity index is 3.07. The van der Waals surface area contributed by atoms with Crippen LogP contribution in [-0.4, -0.2) is 41.5 Å². The van der Waals surface area contributed by atoms with Crippen molar-refractivity contribution in [1.82, 2.24) is 10.2 Å². The highest BCUT2D eigenvalue weighted by Crippen LogP contribution is 2.27. The molecular formula is C12H19F3N2O2. The molecule has 1 aliphatic heterocycles. The fraction of sp³-hybridized carbons (Fsp3) is 0.833. The third-order valence-corrected chi connectivity index (χ3v) is 3.06. The highest BCUT2D eigenvalue weighted by molar-refractivity contribution is 5.91. The molecule has 1 fully saturated rings. The van der Waals surface area contributed by atoms with Gasteiger partial charge in [-0.25, -0.2) is 0 Å². The molecule has 1 rings (SSSR count). The normalized spacial score (nSPS) is 26.2. The molecule has 0 aliphatic carbocycles. The molecule has 0 radical (unpaired) electrons. The Morgan fingerprint density at radius 2 is 1.79 bits per heavy atom. The number of carbonyl (C=O) groups is 2. The zero-order valence-electron chi connectivity index (χ0n) is 11.5. The molecule has 7 heteroatoms. The van der Waals surface area contributed by atoms with Crippen LogP contribution in [0.1, 0.15) is 34.1 Å². The SMILES string of the molecule is CC1CC(=O)NC(C(C)(C)C)C(=O)N1CC(F)(F)F. The van der Waals surface area contributed by atoms with Crippen LogP contribution in [0.4, 0.5) is 13.2 Å². The van der Waals surface area contributed by atoms with Crippen LogP contribution in [0, 0.1) is 5.41 Å². The Morgan fingerprint density at radius 1 is 1.26 bits per heavy atom. The van der Waals surface area contributed by atoms with Gasteiger partial charge in [0.1, 0.15) is 12.6 Å². The first-order chi connectivity index (χ1) is 8.42. The van der Waals surface area contributed by atoms with E-state index in [0.717, 1.165) is 4.90 Å². The van der Waals surface area contributed by atoms with Gasteiger partial charge in [0.05, 0.1) is 0 Å². The van der Waals surface area contributed by atoms with Crippen molar-refractivity contribution in [2.45, 2.75) is 52.4 Å². The molecule has 4 nitrogen and oxygen atoms in total. The van der Waals surface area contributed by atoms with Crippen LogP contribution < -0.4 is 5.32 Å². The molecule has 1 N–H and O–H groups in total. The fourth-order valence-corrected chi connectivity index (χ4v) is 2.06. The average molecular weight is 280 g/mol. The number of nitrogens with zero attached hydrogens (tertiary/aromatic N) is 1. The van der Waals surface area contributed by atoms with Crippen LogP contribution in [0.15, 0.2) is 0 Å². The molecule has 1 heterocycles. The first-order valence-corrected chi connectivity index (χ1v) is 6.08. The zero-order chi connectivity index (χ0) is 15.0. The number of nitrogens with one attached hydrogen (secondary N) is 1. The summed E-state index contributed by atoms with van der Waals surface area (Å²) in [4.78, 5) is 24.6. The fourth-order valence-electron chi connectivity index (χ4n) is 2.06. The highest BCUT2D eigenvalue weighted by Gasteiger charge is 2.44. The van der Waals surface area contributed by atoms with E-state index in [9.17, 15) is 22.8 Å². The number of alkyl halides is 3. The van der Waals surface area contributed by atoms with Crippen LogP contribution in [0.5, 0.6) is 0 Å². The Labute approximate surface area is 110 Å². The lowest BCUT2D eigenvalue weighted by Crippen LogP contribution is -2.54. The summed E-state index contributed by atoms with van der Waals surface area (Å²) in [6, 6.07) is -1.70. The summed E-state index contributed by atoms with van der Waals surface area (Å²) in [6.45, 7) is 5.25. The molecule has 110 valence electrons. The lowest BCUT2D eigenvalue weighted by atomic mass is 9.86. The summed E-state index contributed by atoms with van der Waals surface area (Å²) < 4.78 is 37.6. The van der Waals surface area contributed by atoms with Crippen LogP contribution in [0.2, 0.25) is 0 Å². The van der Waals surface area contributed by atoms with Crippen LogP contribution in [-0.2, 0) is 9.59 Å². The smallest absolute Gasteiger partial charge is 0.344 e. The van der Waals surface area contributed by atoms with Crippen molar-refractivity contribution < 1.29 is 22.8 Å². The minimum Gasteiger partial charge on any atom is -0.344 e. The van der Waals surface area contributed by atoms with Crippen molar-refractivity contribution in [3.8, 4) is 0 Å². The van der Waals surface area contributed by atoms with Crippen molar-refractivity contribution in [1.29, 1.82) is 0 Å². The topological polar surface area (TPSA) is 49.4 Å². The number of hydrogen-bond donors (Lipinski definition) is 1. The molecule has 1 aliphatic rings. The maximum Gasteiger partial charge on any atom is 0.406 e. The molecule has 2 amide bonds. The van der Waals surface area contributed by atoms with E-state index in [4.69, 9.17) is 0 Å². The molecule has 19 heavy (non-hydrogen) atoms. The standard InChI is InChI=1S/C12H19F3N2O2/c1-7-5-8(18)16-9(11(2,3)4)10(19)17(7)6-12(13,14)15/h7,9H,5-6H2,1-4H3,(H,16,18). The Bertz CT molecular complexity index is 374. The second-order valence-corrected chi connectivity index (χ2v) is 6.00. The van der Waals surface area contributed by atoms with E-state index in [1.807, 2.05) is 0 Å². The Morgan fingerprint density at radius 3 is 2.21 bits per heavy atom. The molecule has 1 saturated heterocycles. The first-order valence-electron chi connectivity index (χ1n) is 6.08. The van der Waals surface area contributed by atoms with Gasteiger partial charge in [-0.2, -0.15) is 13.2 Å².